The lowest BCUT2D eigenvalue weighted by Crippen LogP contribution is -1.88. The molecule has 0 aliphatic rings. The van der Waals surface area contributed by atoms with Crippen molar-refractivity contribution in [2.45, 2.75) is 11.1 Å². The van der Waals surface area contributed by atoms with Crippen LogP contribution in [0.15, 0.2) is 34.5 Å². The lowest BCUT2D eigenvalue weighted by atomic mass is 10.2. The van der Waals surface area contributed by atoms with E-state index in [-0.39, 0.29) is 4.21 Å². The molecule has 0 amide bonds. The second kappa shape index (κ2) is 4.16. The van der Waals surface area contributed by atoms with Crippen molar-refractivity contribution in [3.63, 3.8) is 0 Å². The molecule has 0 spiro atoms. The first kappa shape index (κ1) is 11.6. The fourth-order valence-electron chi connectivity index (χ4n) is 1.31. The lowest BCUT2D eigenvalue weighted by molar-refractivity contribution is 0.610. The third kappa shape index (κ3) is 2.26. The van der Waals surface area contributed by atoms with E-state index >= 15 is 0 Å². The maximum Gasteiger partial charge on any atom is 0.272 e. The number of hydrogen-bond donors (Lipinski definition) is 0. The number of rotatable bonds is 2. The topological polar surface area (TPSA) is 47.0 Å². The highest BCUT2D eigenvalue weighted by Crippen LogP contribution is 2.32. The SMILES string of the molecule is Cc1nc(-c2ccccc2)sc1S(=O)(=O)Cl. The van der Waals surface area contributed by atoms with Gasteiger partial charge in [-0.1, -0.05) is 30.3 Å². The van der Waals surface area contributed by atoms with Crippen LogP contribution in [0.25, 0.3) is 10.6 Å². The highest BCUT2D eigenvalue weighted by Gasteiger charge is 2.19. The van der Waals surface area contributed by atoms with E-state index in [0.29, 0.717) is 10.7 Å². The van der Waals surface area contributed by atoms with Gasteiger partial charge in [-0.3, -0.25) is 0 Å². The molecule has 2 rings (SSSR count). The molecular weight excluding hydrogens is 266 g/mol. The van der Waals surface area contributed by atoms with Crippen LogP contribution in [0.1, 0.15) is 5.69 Å². The Bertz CT molecular complexity index is 605. The smallest absolute Gasteiger partial charge is 0.240 e. The van der Waals surface area contributed by atoms with Crippen molar-refractivity contribution >= 4 is 31.1 Å². The van der Waals surface area contributed by atoms with Crippen molar-refractivity contribution in [1.29, 1.82) is 0 Å². The molecule has 0 saturated carbocycles. The molecule has 1 aromatic heterocycles. The molecule has 6 heteroatoms. The highest BCUT2D eigenvalue weighted by atomic mass is 35.7. The van der Waals surface area contributed by atoms with E-state index in [0.717, 1.165) is 16.9 Å². The Morgan fingerprint density at radius 2 is 1.88 bits per heavy atom. The van der Waals surface area contributed by atoms with E-state index in [4.69, 9.17) is 10.7 Å². The monoisotopic (exact) mass is 273 g/mol. The van der Waals surface area contributed by atoms with Crippen molar-refractivity contribution in [1.82, 2.24) is 4.98 Å². The average Bonchev–Trinajstić information content (AvgIpc) is 2.61. The van der Waals surface area contributed by atoms with Crippen molar-refractivity contribution < 1.29 is 8.42 Å². The zero-order valence-electron chi connectivity index (χ0n) is 8.34. The van der Waals surface area contributed by atoms with Crippen molar-refractivity contribution in [2.75, 3.05) is 0 Å². The Hall–Kier alpha value is -0.910. The standard InChI is InChI=1S/C10H8ClNO2S2/c1-7-10(16(11,13)14)15-9(12-7)8-5-3-2-4-6-8/h2-6H,1H3. The molecule has 0 N–H and O–H groups in total. The van der Waals surface area contributed by atoms with Crippen LogP contribution in [-0.4, -0.2) is 13.4 Å². The maximum absolute atomic E-state index is 11.2. The minimum Gasteiger partial charge on any atom is -0.240 e. The molecule has 16 heavy (non-hydrogen) atoms. The van der Waals surface area contributed by atoms with Gasteiger partial charge >= 0.3 is 0 Å². The van der Waals surface area contributed by atoms with E-state index in [1.165, 1.54) is 0 Å². The zero-order chi connectivity index (χ0) is 11.8. The molecule has 0 unspecified atom stereocenters. The van der Waals surface area contributed by atoms with Crippen molar-refractivity contribution in [2.24, 2.45) is 0 Å². The molecule has 84 valence electrons. The molecule has 0 radical (unpaired) electrons. The number of halogens is 1. The van der Waals surface area contributed by atoms with Gasteiger partial charge in [-0.15, -0.1) is 11.3 Å². The van der Waals surface area contributed by atoms with Gasteiger partial charge in [0.05, 0.1) is 5.69 Å². The Balaban J connectivity index is 2.55. The summed E-state index contributed by atoms with van der Waals surface area (Å²) in [5.74, 6) is 0. The van der Waals surface area contributed by atoms with Crippen LogP contribution in [0.4, 0.5) is 0 Å². The molecule has 0 atom stereocenters. The van der Waals surface area contributed by atoms with E-state index in [9.17, 15) is 8.42 Å². The summed E-state index contributed by atoms with van der Waals surface area (Å²) in [5.41, 5.74) is 1.33. The molecule has 1 heterocycles. The van der Waals surface area contributed by atoms with Gasteiger partial charge in [0.1, 0.15) is 5.01 Å². The Morgan fingerprint density at radius 3 is 2.38 bits per heavy atom. The van der Waals surface area contributed by atoms with Gasteiger partial charge in [-0.2, -0.15) is 0 Å². The van der Waals surface area contributed by atoms with Crippen LogP contribution in [0.2, 0.25) is 0 Å². The Kier molecular flexibility index (Phi) is 3.01. The predicted molar refractivity (Wildman–Crippen MR) is 65.3 cm³/mol. The normalized spacial score (nSPS) is 11.6. The summed E-state index contributed by atoms with van der Waals surface area (Å²) >= 11 is 1.09. The van der Waals surface area contributed by atoms with Gasteiger partial charge in [-0.05, 0) is 6.92 Å². The molecule has 0 aliphatic heterocycles. The highest BCUT2D eigenvalue weighted by molar-refractivity contribution is 8.15. The molecule has 0 fully saturated rings. The van der Waals surface area contributed by atoms with Gasteiger partial charge in [-0.25, -0.2) is 13.4 Å². The molecule has 1 aromatic carbocycles. The van der Waals surface area contributed by atoms with E-state index in [1.54, 1.807) is 6.92 Å². The third-order valence-corrected chi connectivity index (χ3v) is 5.38. The van der Waals surface area contributed by atoms with Crippen LogP contribution in [0.5, 0.6) is 0 Å². The number of hydrogen-bond acceptors (Lipinski definition) is 4. The van der Waals surface area contributed by atoms with Gasteiger partial charge in [0, 0.05) is 16.2 Å². The quantitative estimate of drug-likeness (QED) is 0.790. The number of nitrogens with zero attached hydrogens (tertiary/aromatic N) is 1. The molecule has 0 aliphatic carbocycles. The molecule has 0 bridgehead atoms. The Labute approximate surface area is 102 Å². The third-order valence-electron chi connectivity index (χ3n) is 2.00. The Morgan fingerprint density at radius 1 is 1.25 bits per heavy atom. The summed E-state index contributed by atoms with van der Waals surface area (Å²) in [5, 5.41) is 0.664. The van der Waals surface area contributed by atoms with Crippen LogP contribution < -0.4 is 0 Å². The van der Waals surface area contributed by atoms with Gasteiger partial charge in [0.15, 0.2) is 4.21 Å². The van der Waals surface area contributed by atoms with E-state index in [1.807, 2.05) is 30.3 Å². The maximum atomic E-state index is 11.2. The number of benzene rings is 1. The first-order valence-electron chi connectivity index (χ1n) is 4.46. The second-order valence-electron chi connectivity index (χ2n) is 3.20. The van der Waals surface area contributed by atoms with Gasteiger partial charge < -0.3 is 0 Å². The molecule has 3 nitrogen and oxygen atoms in total. The van der Waals surface area contributed by atoms with Crippen LogP contribution in [0, 0.1) is 6.92 Å². The second-order valence-corrected chi connectivity index (χ2v) is 6.96. The van der Waals surface area contributed by atoms with Gasteiger partial charge in [0.25, 0.3) is 9.05 Å². The van der Waals surface area contributed by atoms with Crippen LogP contribution in [0.3, 0.4) is 0 Å². The fourth-order valence-corrected chi connectivity index (χ4v) is 3.77. The van der Waals surface area contributed by atoms with Crippen LogP contribution >= 0.6 is 22.0 Å². The largest absolute Gasteiger partial charge is 0.272 e. The fraction of sp³-hybridized carbons (Fsp3) is 0.100. The van der Waals surface area contributed by atoms with E-state index in [2.05, 4.69) is 4.98 Å². The number of aromatic nitrogens is 1. The van der Waals surface area contributed by atoms with Crippen molar-refractivity contribution in [3.8, 4) is 10.6 Å². The summed E-state index contributed by atoms with van der Waals surface area (Å²) in [7, 11) is 1.61. The van der Waals surface area contributed by atoms with E-state index < -0.39 is 9.05 Å². The number of aryl methyl sites for hydroxylation is 1. The summed E-state index contributed by atoms with van der Waals surface area (Å²) < 4.78 is 22.6. The average molecular weight is 274 g/mol. The summed E-state index contributed by atoms with van der Waals surface area (Å²) in [6, 6.07) is 9.40. The lowest BCUT2D eigenvalue weighted by Gasteiger charge is -1.92. The summed E-state index contributed by atoms with van der Waals surface area (Å²) in [4.78, 5) is 4.20. The zero-order valence-corrected chi connectivity index (χ0v) is 10.7. The molecular formula is C10H8ClNO2S2. The first-order chi connectivity index (χ1) is 7.48. The van der Waals surface area contributed by atoms with Gasteiger partial charge in [0.2, 0.25) is 0 Å². The number of thiazole rings is 1. The minimum absolute atomic E-state index is 0.119. The molecule has 2 aromatic rings. The summed E-state index contributed by atoms with van der Waals surface area (Å²) in [6.45, 7) is 1.64. The molecule has 0 saturated heterocycles. The van der Waals surface area contributed by atoms with Crippen molar-refractivity contribution in [3.05, 3.63) is 36.0 Å². The predicted octanol–water partition coefficient (Wildman–Crippen LogP) is 3.05. The summed E-state index contributed by atoms with van der Waals surface area (Å²) in [6.07, 6.45) is 0. The van der Waals surface area contributed by atoms with Crippen LogP contribution in [-0.2, 0) is 9.05 Å². The first-order valence-corrected chi connectivity index (χ1v) is 7.58. The minimum atomic E-state index is -3.69.